The molecule has 0 radical (unpaired) electrons. The molecular formula is C22H29ClN2O3. The first-order valence-electron chi connectivity index (χ1n) is 10.5. The number of anilines is 1. The van der Waals surface area contributed by atoms with Crippen molar-refractivity contribution < 1.29 is 15.0 Å². The summed E-state index contributed by atoms with van der Waals surface area (Å²) in [5, 5.41) is 25.2. The first-order valence-corrected chi connectivity index (χ1v) is 10.9. The maximum Gasteiger partial charge on any atom is 0.223 e. The average molecular weight is 405 g/mol. The monoisotopic (exact) mass is 404 g/mol. The highest BCUT2D eigenvalue weighted by molar-refractivity contribution is 6.32. The summed E-state index contributed by atoms with van der Waals surface area (Å²) in [6, 6.07) is 4.27. The smallest absolute Gasteiger partial charge is 0.223 e. The van der Waals surface area contributed by atoms with Crippen molar-refractivity contribution in [2.24, 2.45) is 11.8 Å². The number of benzene rings is 1. The zero-order valence-corrected chi connectivity index (χ0v) is 17.2. The van der Waals surface area contributed by atoms with Crippen LogP contribution < -0.4 is 5.32 Å². The normalized spacial score (nSPS) is 39.0. The highest BCUT2D eigenvalue weighted by Gasteiger charge is 2.55. The van der Waals surface area contributed by atoms with Crippen molar-refractivity contribution in [2.75, 3.05) is 5.32 Å². The lowest BCUT2D eigenvalue weighted by molar-refractivity contribution is -0.175. The molecule has 0 spiro atoms. The predicted octanol–water partition coefficient (Wildman–Crippen LogP) is 3.41. The number of rotatable bonds is 3. The third-order valence-electron chi connectivity index (χ3n) is 7.64. The van der Waals surface area contributed by atoms with E-state index >= 15 is 0 Å². The van der Waals surface area contributed by atoms with Crippen LogP contribution in [0.3, 0.4) is 0 Å². The van der Waals surface area contributed by atoms with Crippen molar-refractivity contribution in [1.82, 2.24) is 4.90 Å². The molecule has 5 atom stereocenters. The summed E-state index contributed by atoms with van der Waals surface area (Å²) < 4.78 is 0. The number of nitrogens with one attached hydrogen (secondary N) is 1. The van der Waals surface area contributed by atoms with Crippen LogP contribution >= 0.6 is 11.6 Å². The van der Waals surface area contributed by atoms with Crippen LogP contribution in [0.5, 0.6) is 0 Å². The van der Waals surface area contributed by atoms with E-state index in [1.165, 1.54) is 0 Å². The molecule has 5 unspecified atom stereocenters. The number of aliphatic hydroxyl groups is 2. The second-order valence-corrected chi connectivity index (χ2v) is 10.1. The van der Waals surface area contributed by atoms with E-state index < -0.39 is 11.8 Å². The summed E-state index contributed by atoms with van der Waals surface area (Å²) in [4.78, 5) is 15.4. The lowest BCUT2D eigenvalue weighted by Gasteiger charge is -2.59. The van der Waals surface area contributed by atoms with Crippen molar-refractivity contribution in [3.8, 4) is 0 Å². The Balaban J connectivity index is 1.35. The van der Waals surface area contributed by atoms with Gasteiger partial charge in [0.05, 0.1) is 5.60 Å². The fourth-order valence-electron chi connectivity index (χ4n) is 6.66. The molecule has 3 N–H and O–H groups in total. The standard InChI is InChI=1S/C22H29ClN2O3/c1-11-3-4-16-19(20(11)23)18(21(27)24-16)12(2)5-17(26)25-14-6-13-7-15(25)10-22(28,8-13)9-14/h3-4,12-15,18,21,24,27-28H,5-10H2,1-2H3. The Morgan fingerprint density at radius 2 is 2.00 bits per heavy atom. The molecule has 152 valence electrons. The number of aliphatic hydroxyl groups excluding tert-OH is 1. The second kappa shape index (κ2) is 6.35. The van der Waals surface area contributed by atoms with Gasteiger partial charge >= 0.3 is 0 Å². The highest BCUT2D eigenvalue weighted by atomic mass is 35.5. The van der Waals surface area contributed by atoms with Gasteiger partial charge in [-0.2, -0.15) is 0 Å². The molecule has 3 heterocycles. The number of aryl methyl sites for hydroxylation is 1. The molecule has 0 aromatic heterocycles. The van der Waals surface area contributed by atoms with Gasteiger partial charge in [0.2, 0.25) is 5.91 Å². The number of piperidine rings is 2. The minimum atomic E-state index is -0.730. The maximum absolute atomic E-state index is 13.3. The molecule has 2 saturated heterocycles. The number of carbonyl (C=O) groups excluding carboxylic acids is 1. The van der Waals surface area contributed by atoms with E-state index in [-0.39, 0.29) is 29.8 Å². The molecule has 5 nitrogen and oxygen atoms in total. The Morgan fingerprint density at radius 1 is 1.32 bits per heavy atom. The number of carbonyl (C=O) groups is 1. The number of hydrogen-bond acceptors (Lipinski definition) is 4. The molecule has 4 bridgehead atoms. The Labute approximate surface area is 171 Å². The Kier molecular flexibility index (Phi) is 4.24. The largest absolute Gasteiger partial charge is 0.390 e. The van der Waals surface area contributed by atoms with Crippen molar-refractivity contribution >= 4 is 23.2 Å². The summed E-state index contributed by atoms with van der Waals surface area (Å²) in [5.41, 5.74) is 2.24. The van der Waals surface area contributed by atoms with Gasteiger partial charge in [0.15, 0.2) is 0 Å². The van der Waals surface area contributed by atoms with Gasteiger partial charge in [-0.1, -0.05) is 24.6 Å². The van der Waals surface area contributed by atoms with E-state index in [1.54, 1.807) is 0 Å². The molecule has 1 aromatic carbocycles. The SMILES string of the molecule is Cc1ccc2c(c1Cl)C(C(C)CC(=O)N1C3CC4CC1CC(O)(C4)C3)C(O)N2. The zero-order valence-electron chi connectivity index (χ0n) is 16.5. The summed E-state index contributed by atoms with van der Waals surface area (Å²) in [6.07, 6.45) is 4.08. The summed E-state index contributed by atoms with van der Waals surface area (Å²) >= 11 is 6.57. The lowest BCUT2D eigenvalue weighted by atomic mass is 9.61. The predicted molar refractivity (Wildman–Crippen MR) is 108 cm³/mol. The van der Waals surface area contributed by atoms with E-state index in [1.807, 2.05) is 26.0 Å². The lowest BCUT2D eigenvalue weighted by Crippen LogP contribution is -2.65. The second-order valence-electron chi connectivity index (χ2n) is 9.74. The molecule has 5 aliphatic rings. The quantitative estimate of drug-likeness (QED) is 0.721. The number of amides is 1. The van der Waals surface area contributed by atoms with Crippen LogP contribution in [-0.4, -0.2) is 44.9 Å². The van der Waals surface area contributed by atoms with Crippen LogP contribution in [0.2, 0.25) is 5.02 Å². The molecule has 1 aromatic rings. The van der Waals surface area contributed by atoms with Gasteiger partial charge in [0, 0.05) is 40.7 Å². The summed E-state index contributed by atoms with van der Waals surface area (Å²) in [5.74, 6) is 0.497. The van der Waals surface area contributed by atoms with Crippen LogP contribution in [0.25, 0.3) is 0 Å². The highest BCUT2D eigenvalue weighted by Crippen LogP contribution is 2.52. The van der Waals surface area contributed by atoms with Gasteiger partial charge in [-0.3, -0.25) is 4.79 Å². The van der Waals surface area contributed by atoms with Gasteiger partial charge in [-0.15, -0.1) is 0 Å². The maximum atomic E-state index is 13.3. The molecule has 6 heteroatoms. The van der Waals surface area contributed by atoms with Gasteiger partial charge in [0.1, 0.15) is 6.23 Å². The summed E-state index contributed by atoms with van der Waals surface area (Å²) in [6.45, 7) is 4.00. The molecule has 28 heavy (non-hydrogen) atoms. The third-order valence-corrected chi connectivity index (χ3v) is 8.15. The number of fused-ring (bicyclic) bond motifs is 1. The molecule has 1 amide bonds. The van der Waals surface area contributed by atoms with Crippen LogP contribution in [0, 0.1) is 18.8 Å². The molecule has 2 aliphatic carbocycles. The summed E-state index contributed by atoms with van der Waals surface area (Å²) in [7, 11) is 0. The van der Waals surface area contributed by atoms with Crippen molar-refractivity contribution in [2.45, 2.75) is 82.2 Å². The van der Waals surface area contributed by atoms with Gasteiger partial charge < -0.3 is 20.4 Å². The van der Waals surface area contributed by atoms with Crippen LogP contribution in [-0.2, 0) is 4.79 Å². The van der Waals surface area contributed by atoms with Crippen LogP contribution in [0.15, 0.2) is 12.1 Å². The van der Waals surface area contributed by atoms with Crippen LogP contribution in [0.1, 0.15) is 62.5 Å². The topological polar surface area (TPSA) is 72.8 Å². The molecule has 2 saturated carbocycles. The molecule has 6 rings (SSSR count). The third kappa shape index (κ3) is 2.78. The first kappa shape index (κ1) is 18.7. The Morgan fingerprint density at radius 3 is 2.64 bits per heavy atom. The Bertz CT molecular complexity index is 812. The fourth-order valence-corrected chi connectivity index (χ4v) is 6.95. The Hall–Kier alpha value is -1.30. The minimum Gasteiger partial charge on any atom is -0.390 e. The molecule has 3 aliphatic heterocycles. The van der Waals surface area contributed by atoms with E-state index in [0.29, 0.717) is 17.4 Å². The van der Waals surface area contributed by atoms with Gasteiger partial charge in [0.25, 0.3) is 0 Å². The van der Waals surface area contributed by atoms with E-state index in [4.69, 9.17) is 11.6 Å². The van der Waals surface area contributed by atoms with E-state index in [9.17, 15) is 15.0 Å². The van der Waals surface area contributed by atoms with Crippen molar-refractivity contribution in [3.05, 3.63) is 28.3 Å². The number of nitrogens with zero attached hydrogens (tertiary/aromatic N) is 1. The van der Waals surface area contributed by atoms with E-state index in [2.05, 4.69) is 10.2 Å². The molecular weight excluding hydrogens is 376 g/mol. The number of hydrogen-bond donors (Lipinski definition) is 3. The molecule has 4 fully saturated rings. The number of halogens is 1. The van der Waals surface area contributed by atoms with E-state index in [0.717, 1.165) is 48.9 Å². The average Bonchev–Trinajstić information content (AvgIpc) is 2.93. The van der Waals surface area contributed by atoms with Crippen molar-refractivity contribution in [1.29, 1.82) is 0 Å². The van der Waals surface area contributed by atoms with Crippen molar-refractivity contribution in [3.63, 3.8) is 0 Å². The minimum absolute atomic E-state index is 0.0316. The van der Waals surface area contributed by atoms with Gasteiger partial charge in [-0.05, 0) is 62.5 Å². The van der Waals surface area contributed by atoms with Crippen LogP contribution in [0.4, 0.5) is 5.69 Å². The van der Waals surface area contributed by atoms with Gasteiger partial charge in [-0.25, -0.2) is 0 Å². The zero-order chi connectivity index (χ0) is 19.8. The fraction of sp³-hybridized carbons (Fsp3) is 0.682. The first-order chi connectivity index (χ1) is 13.3.